The van der Waals surface area contributed by atoms with Gasteiger partial charge in [-0.05, 0) is 36.8 Å². The van der Waals surface area contributed by atoms with Crippen LogP contribution in [-0.2, 0) is 6.42 Å². The van der Waals surface area contributed by atoms with Gasteiger partial charge in [-0.2, -0.15) is 0 Å². The summed E-state index contributed by atoms with van der Waals surface area (Å²) in [4.78, 5) is 8.59. The maximum atomic E-state index is 6.33. The molecule has 2 heterocycles. The Balaban J connectivity index is 2.18. The quantitative estimate of drug-likeness (QED) is 0.853. The number of nitrogens with zero attached hydrogens (tertiary/aromatic N) is 3. The van der Waals surface area contributed by atoms with Crippen molar-refractivity contribution in [3.05, 3.63) is 41.6 Å². The molecule has 1 atom stereocenters. The first-order valence-corrected chi connectivity index (χ1v) is 6.71. The Morgan fingerprint density at radius 1 is 1.37 bits per heavy atom. The van der Waals surface area contributed by atoms with E-state index >= 15 is 0 Å². The van der Waals surface area contributed by atoms with Gasteiger partial charge in [0, 0.05) is 29.8 Å². The van der Waals surface area contributed by atoms with Gasteiger partial charge in [-0.25, -0.2) is 4.98 Å². The van der Waals surface area contributed by atoms with Crippen molar-refractivity contribution in [3.8, 4) is 5.82 Å². The summed E-state index contributed by atoms with van der Waals surface area (Å²) in [5, 5.41) is 0. The first kappa shape index (κ1) is 12.4. The number of rotatable bonds is 1. The molecule has 100 valence electrons. The zero-order chi connectivity index (χ0) is 13.6. The van der Waals surface area contributed by atoms with Crippen LogP contribution in [0.25, 0.3) is 5.82 Å². The van der Waals surface area contributed by atoms with Crippen LogP contribution < -0.4 is 5.73 Å². The van der Waals surface area contributed by atoms with E-state index in [1.54, 1.807) is 18.6 Å². The number of fused-ring (bicyclic) bond motifs is 1. The van der Waals surface area contributed by atoms with Gasteiger partial charge in [-0.1, -0.05) is 13.8 Å². The van der Waals surface area contributed by atoms with Crippen LogP contribution in [0.2, 0.25) is 0 Å². The molecule has 0 amide bonds. The van der Waals surface area contributed by atoms with Gasteiger partial charge in [0.15, 0.2) is 5.82 Å². The number of aromatic nitrogens is 3. The summed E-state index contributed by atoms with van der Waals surface area (Å²) in [5.41, 5.74) is 10.3. The summed E-state index contributed by atoms with van der Waals surface area (Å²) in [7, 11) is 0. The third kappa shape index (κ3) is 2.06. The molecule has 3 rings (SSSR count). The molecule has 2 N–H and O–H groups in total. The van der Waals surface area contributed by atoms with Crippen molar-refractivity contribution in [1.82, 2.24) is 14.5 Å². The van der Waals surface area contributed by atoms with E-state index in [9.17, 15) is 0 Å². The molecule has 1 unspecified atom stereocenters. The van der Waals surface area contributed by atoms with Crippen LogP contribution >= 0.6 is 0 Å². The monoisotopic (exact) mass is 256 g/mol. The molecule has 0 aromatic carbocycles. The summed E-state index contributed by atoms with van der Waals surface area (Å²) < 4.78 is 2.20. The van der Waals surface area contributed by atoms with E-state index in [1.807, 2.05) is 0 Å². The van der Waals surface area contributed by atoms with Gasteiger partial charge in [-0.15, -0.1) is 0 Å². The Bertz CT molecular complexity index is 598. The van der Waals surface area contributed by atoms with Crippen molar-refractivity contribution < 1.29 is 0 Å². The lowest BCUT2D eigenvalue weighted by Gasteiger charge is -2.34. The highest BCUT2D eigenvalue weighted by molar-refractivity contribution is 5.40. The second-order valence-electron chi connectivity index (χ2n) is 6.24. The third-order valence-electron chi connectivity index (χ3n) is 3.92. The minimum Gasteiger partial charge on any atom is -0.324 e. The number of nitrogens with two attached hydrogens (primary N) is 1. The SMILES string of the molecule is Cc1cc2c(n1-c1cnccn1)CC(C)(C)CC2N. The summed E-state index contributed by atoms with van der Waals surface area (Å²) >= 11 is 0. The Morgan fingerprint density at radius 3 is 2.84 bits per heavy atom. The van der Waals surface area contributed by atoms with E-state index in [-0.39, 0.29) is 11.5 Å². The van der Waals surface area contributed by atoms with E-state index in [0.29, 0.717) is 0 Å². The van der Waals surface area contributed by atoms with Crippen LogP contribution in [0.4, 0.5) is 0 Å². The first-order valence-electron chi connectivity index (χ1n) is 6.71. The fraction of sp³-hybridized carbons (Fsp3) is 0.467. The molecule has 19 heavy (non-hydrogen) atoms. The summed E-state index contributed by atoms with van der Waals surface area (Å²) in [5.74, 6) is 0.881. The van der Waals surface area contributed by atoms with Gasteiger partial charge < -0.3 is 10.3 Å². The van der Waals surface area contributed by atoms with Gasteiger partial charge in [0.2, 0.25) is 0 Å². The molecule has 0 fully saturated rings. The molecular formula is C15H20N4. The van der Waals surface area contributed by atoms with E-state index < -0.39 is 0 Å². The van der Waals surface area contributed by atoms with Gasteiger partial charge in [-0.3, -0.25) is 4.98 Å². The number of hydrogen-bond donors (Lipinski definition) is 1. The van der Waals surface area contributed by atoms with Crippen LogP contribution in [0.1, 0.15) is 43.3 Å². The van der Waals surface area contributed by atoms with E-state index in [4.69, 9.17) is 5.73 Å². The van der Waals surface area contributed by atoms with Crippen LogP contribution in [0.3, 0.4) is 0 Å². The van der Waals surface area contributed by atoms with Crippen molar-refractivity contribution >= 4 is 0 Å². The molecule has 0 saturated carbocycles. The van der Waals surface area contributed by atoms with Crippen molar-refractivity contribution in [3.63, 3.8) is 0 Å². The maximum absolute atomic E-state index is 6.33. The zero-order valence-electron chi connectivity index (χ0n) is 11.7. The van der Waals surface area contributed by atoms with Crippen LogP contribution in [0.15, 0.2) is 24.7 Å². The standard InChI is InChI=1S/C15H20N4/c1-10-6-11-12(16)7-15(2,3)8-13(11)19(10)14-9-17-4-5-18-14/h4-6,9,12H,7-8,16H2,1-3H3. The molecular weight excluding hydrogens is 236 g/mol. The second-order valence-corrected chi connectivity index (χ2v) is 6.24. The average Bonchev–Trinajstić information content (AvgIpc) is 2.65. The van der Waals surface area contributed by atoms with Crippen molar-refractivity contribution in [1.29, 1.82) is 0 Å². The maximum Gasteiger partial charge on any atom is 0.155 e. The van der Waals surface area contributed by atoms with Gasteiger partial charge in [0.1, 0.15) is 0 Å². The van der Waals surface area contributed by atoms with Gasteiger partial charge in [0.25, 0.3) is 0 Å². The van der Waals surface area contributed by atoms with E-state index in [1.165, 1.54) is 17.0 Å². The molecule has 0 radical (unpaired) electrons. The molecule has 0 spiro atoms. The summed E-state index contributed by atoms with van der Waals surface area (Å²) in [6.45, 7) is 6.66. The lowest BCUT2D eigenvalue weighted by atomic mass is 9.74. The molecule has 2 aromatic heterocycles. The first-order chi connectivity index (χ1) is 8.98. The fourth-order valence-corrected chi connectivity index (χ4v) is 3.17. The minimum absolute atomic E-state index is 0.121. The van der Waals surface area contributed by atoms with Gasteiger partial charge >= 0.3 is 0 Å². The predicted octanol–water partition coefficient (Wildman–Crippen LogP) is 2.55. The second kappa shape index (κ2) is 4.17. The molecule has 4 nitrogen and oxygen atoms in total. The van der Waals surface area contributed by atoms with Crippen molar-refractivity contribution in [2.24, 2.45) is 11.1 Å². The molecule has 2 aromatic rings. The Hall–Kier alpha value is -1.68. The largest absolute Gasteiger partial charge is 0.324 e. The molecule has 4 heteroatoms. The zero-order valence-corrected chi connectivity index (χ0v) is 11.7. The highest BCUT2D eigenvalue weighted by Crippen LogP contribution is 2.41. The van der Waals surface area contributed by atoms with Crippen LogP contribution in [0.5, 0.6) is 0 Å². The lowest BCUT2D eigenvalue weighted by molar-refractivity contribution is 0.278. The summed E-state index contributed by atoms with van der Waals surface area (Å²) in [6.07, 6.45) is 7.30. The highest BCUT2D eigenvalue weighted by Gasteiger charge is 2.33. The fourth-order valence-electron chi connectivity index (χ4n) is 3.17. The van der Waals surface area contributed by atoms with Crippen molar-refractivity contribution in [2.45, 2.75) is 39.7 Å². The number of hydrogen-bond acceptors (Lipinski definition) is 3. The number of aryl methyl sites for hydroxylation is 1. The molecule has 0 saturated heterocycles. The highest BCUT2D eigenvalue weighted by atomic mass is 15.1. The topological polar surface area (TPSA) is 56.7 Å². The molecule has 0 bridgehead atoms. The Labute approximate surface area is 113 Å². The van der Waals surface area contributed by atoms with E-state index in [0.717, 1.165) is 18.7 Å². The lowest BCUT2D eigenvalue weighted by Crippen LogP contribution is -2.30. The molecule has 0 aliphatic heterocycles. The van der Waals surface area contributed by atoms with Crippen LogP contribution in [-0.4, -0.2) is 14.5 Å². The van der Waals surface area contributed by atoms with Crippen LogP contribution in [0, 0.1) is 12.3 Å². The predicted molar refractivity (Wildman–Crippen MR) is 75.1 cm³/mol. The smallest absolute Gasteiger partial charge is 0.155 e. The molecule has 1 aliphatic carbocycles. The normalized spacial score (nSPS) is 21.2. The minimum atomic E-state index is 0.121. The molecule has 1 aliphatic rings. The average molecular weight is 256 g/mol. The Morgan fingerprint density at radius 2 is 2.16 bits per heavy atom. The van der Waals surface area contributed by atoms with Crippen molar-refractivity contribution in [2.75, 3.05) is 0 Å². The van der Waals surface area contributed by atoms with E-state index in [2.05, 4.69) is 41.4 Å². The Kier molecular flexibility index (Phi) is 2.71. The summed E-state index contributed by atoms with van der Waals surface area (Å²) in [6, 6.07) is 2.32. The van der Waals surface area contributed by atoms with Gasteiger partial charge in [0.05, 0.1) is 6.20 Å². The third-order valence-corrected chi connectivity index (χ3v) is 3.92.